The van der Waals surface area contributed by atoms with Crippen molar-refractivity contribution in [2.75, 3.05) is 6.54 Å². The smallest absolute Gasteiger partial charge is 0.0621 e. The summed E-state index contributed by atoms with van der Waals surface area (Å²) in [5.74, 6) is 0.491. The highest BCUT2D eigenvalue weighted by Gasteiger charge is 2.20. The van der Waals surface area contributed by atoms with E-state index in [0.717, 1.165) is 18.4 Å². The monoisotopic (exact) mass is 289 g/mol. The first-order chi connectivity index (χ1) is 8.45. The molecule has 2 nitrogen and oxygen atoms in total. The molecule has 0 bridgehead atoms. The second kappa shape index (κ2) is 7.34. The first kappa shape index (κ1) is 15.8. The maximum Gasteiger partial charge on any atom is 0.0621 e. The van der Waals surface area contributed by atoms with Crippen LogP contribution in [0.15, 0.2) is 18.2 Å². The molecule has 0 fully saturated rings. The van der Waals surface area contributed by atoms with Crippen LogP contribution >= 0.6 is 23.2 Å². The molecule has 18 heavy (non-hydrogen) atoms. The Hall–Kier alpha value is -0.280. The molecule has 1 aromatic rings. The molecule has 0 radical (unpaired) electrons. The van der Waals surface area contributed by atoms with Gasteiger partial charge >= 0.3 is 0 Å². The van der Waals surface area contributed by atoms with Gasteiger partial charge in [-0.1, -0.05) is 43.1 Å². The third-order valence-corrected chi connectivity index (χ3v) is 3.87. The van der Waals surface area contributed by atoms with Gasteiger partial charge in [0.2, 0.25) is 0 Å². The molecule has 0 spiro atoms. The molecule has 2 unspecified atom stereocenters. The van der Waals surface area contributed by atoms with Crippen LogP contribution < -0.4 is 5.73 Å². The molecule has 3 N–H and O–H groups in total. The average Bonchev–Trinajstić information content (AvgIpc) is 2.32. The SMILES string of the molecule is CC(C)CCC(O)C(CN)c1ccc(Cl)c(Cl)c1. The van der Waals surface area contributed by atoms with Gasteiger partial charge in [-0.25, -0.2) is 0 Å². The first-order valence-corrected chi connectivity index (χ1v) is 7.04. The lowest BCUT2D eigenvalue weighted by Crippen LogP contribution is -2.26. The molecule has 0 aliphatic rings. The Morgan fingerprint density at radius 3 is 2.33 bits per heavy atom. The number of hydrogen-bond acceptors (Lipinski definition) is 2. The number of hydrogen-bond donors (Lipinski definition) is 2. The Balaban J connectivity index is 2.78. The summed E-state index contributed by atoms with van der Waals surface area (Å²) in [6.45, 7) is 4.68. The lowest BCUT2D eigenvalue weighted by molar-refractivity contribution is 0.129. The molecular weight excluding hydrogens is 269 g/mol. The predicted octanol–water partition coefficient (Wildman–Crippen LogP) is 3.83. The van der Waals surface area contributed by atoms with Gasteiger partial charge in [-0.05, 0) is 36.5 Å². The Kier molecular flexibility index (Phi) is 6.44. The molecular formula is C14H21Cl2NO. The molecule has 0 heterocycles. The Morgan fingerprint density at radius 1 is 1.17 bits per heavy atom. The van der Waals surface area contributed by atoms with E-state index >= 15 is 0 Å². The van der Waals surface area contributed by atoms with Gasteiger partial charge in [-0.15, -0.1) is 0 Å². The average molecular weight is 290 g/mol. The molecule has 102 valence electrons. The number of halogens is 2. The minimum absolute atomic E-state index is 0.0847. The molecule has 4 heteroatoms. The topological polar surface area (TPSA) is 46.2 Å². The van der Waals surface area contributed by atoms with Crippen LogP contribution in [-0.2, 0) is 0 Å². The molecule has 0 aromatic heterocycles. The van der Waals surface area contributed by atoms with Crippen molar-refractivity contribution in [3.8, 4) is 0 Å². The fourth-order valence-electron chi connectivity index (χ4n) is 1.96. The molecule has 2 atom stereocenters. The standard InChI is InChI=1S/C14H21Cl2NO/c1-9(2)3-6-14(18)11(8-17)10-4-5-12(15)13(16)7-10/h4-5,7,9,11,14,18H,3,6,8,17H2,1-2H3. The Bertz CT molecular complexity index is 382. The van der Waals surface area contributed by atoms with E-state index in [9.17, 15) is 5.11 Å². The quantitative estimate of drug-likeness (QED) is 0.836. The molecule has 0 aliphatic carbocycles. The third-order valence-electron chi connectivity index (χ3n) is 3.13. The van der Waals surface area contributed by atoms with E-state index in [-0.39, 0.29) is 5.92 Å². The van der Waals surface area contributed by atoms with Gasteiger partial charge in [0, 0.05) is 12.5 Å². The first-order valence-electron chi connectivity index (χ1n) is 6.28. The second-order valence-electron chi connectivity index (χ2n) is 5.05. The van der Waals surface area contributed by atoms with Crippen molar-refractivity contribution in [3.05, 3.63) is 33.8 Å². The number of aliphatic hydroxyl groups excluding tert-OH is 1. The zero-order valence-corrected chi connectivity index (χ0v) is 12.4. The number of nitrogens with two attached hydrogens (primary N) is 1. The van der Waals surface area contributed by atoms with Crippen molar-refractivity contribution in [1.82, 2.24) is 0 Å². The highest BCUT2D eigenvalue weighted by molar-refractivity contribution is 6.42. The maximum atomic E-state index is 10.2. The normalized spacial score (nSPS) is 14.8. The van der Waals surface area contributed by atoms with E-state index in [1.165, 1.54) is 0 Å². The van der Waals surface area contributed by atoms with Gasteiger partial charge in [0.15, 0.2) is 0 Å². The van der Waals surface area contributed by atoms with Crippen LogP contribution in [0.5, 0.6) is 0 Å². The maximum absolute atomic E-state index is 10.2. The number of aliphatic hydroxyl groups is 1. The summed E-state index contributed by atoms with van der Waals surface area (Å²) in [6, 6.07) is 5.42. The van der Waals surface area contributed by atoms with Gasteiger partial charge in [-0.2, -0.15) is 0 Å². The van der Waals surface area contributed by atoms with Crippen LogP contribution in [0, 0.1) is 5.92 Å². The second-order valence-corrected chi connectivity index (χ2v) is 5.87. The molecule has 1 rings (SSSR count). The minimum Gasteiger partial charge on any atom is -0.392 e. The zero-order valence-electron chi connectivity index (χ0n) is 10.9. The minimum atomic E-state index is -0.436. The van der Waals surface area contributed by atoms with Crippen LogP contribution in [0.4, 0.5) is 0 Å². The van der Waals surface area contributed by atoms with E-state index in [4.69, 9.17) is 28.9 Å². The highest BCUT2D eigenvalue weighted by atomic mass is 35.5. The van der Waals surface area contributed by atoms with Gasteiger partial charge in [0.05, 0.1) is 16.1 Å². The predicted molar refractivity (Wildman–Crippen MR) is 78.3 cm³/mol. The van der Waals surface area contributed by atoms with Crippen molar-refractivity contribution in [3.63, 3.8) is 0 Å². The van der Waals surface area contributed by atoms with Crippen LogP contribution in [0.25, 0.3) is 0 Å². The van der Waals surface area contributed by atoms with Crippen molar-refractivity contribution in [2.24, 2.45) is 11.7 Å². The van der Waals surface area contributed by atoms with Gasteiger partial charge in [-0.3, -0.25) is 0 Å². The van der Waals surface area contributed by atoms with Crippen LogP contribution in [0.1, 0.15) is 38.2 Å². The fourth-order valence-corrected chi connectivity index (χ4v) is 2.27. The van der Waals surface area contributed by atoms with E-state index < -0.39 is 6.10 Å². The molecule has 0 aliphatic heterocycles. The number of rotatable bonds is 6. The summed E-state index contributed by atoms with van der Waals surface area (Å²) in [5, 5.41) is 11.2. The van der Waals surface area contributed by atoms with Crippen LogP contribution in [0.3, 0.4) is 0 Å². The van der Waals surface area contributed by atoms with Crippen molar-refractivity contribution in [1.29, 1.82) is 0 Å². The number of benzene rings is 1. The van der Waals surface area contributed by atoms with E-state index in [0.29, 0.717) is 22.5 Å². The van der Waals surface area contributed by atoms with Gasteiger partial charge in [0.25, 0.3) is 0 Å². The molecule has 0 saturated heterocycles. The van der Waals surface area contributed by atoms with E-state index in [1.54, 1.807) is 12.1 Å². The third kappa shape index (κ3) is 4.43. The summed E-state index contributed by atoms with van der Waals surface area (Å²) in [5.41, 5.74) is 6.71. The Labute approximate surface area is 119 Å². The zero-order chi connectivity index (χ0) is 13.7. The van der Waals surface area contributed by atoms with E-state index in [1.807, 2.05) is 6.07 Å². The van der Waals surface area contributed by atoms with Crippen molar-refractivity contribution < 1.29 is 5.11 Å². The van der Waals surface area contributed by atoms with Crippen molar-refractivity contribution in [2.45, 2.75) is 38.7 Å². The van der Waals surface area contributed by atoms with Crippen molar-refractivity contribution >= 4 is 23.2 Å². The molecule has 0 amide bonds. The van der Waals surface area contributed by atoms with E-state index in [2.05, 4.69) is 13.8 Å². The van der Waals surface area contributed by atoms with Crippen LogP contribution in [-0.4, -0.2) is 17.8 Å². The summed E-state index contributed by atoms with van der Waals surface area (Å²) in [4.78, 5) is 0. The fraction of sp³-hybridized carbons (Fsp3) is 0.571. The highest BCUT2D eigenvalue weighted by Crippen LogP contribution is 2.29. The summed E-state index contributed by atoms with van der Waals surface area (Å²) in [7, 11) is 0. The molecule has 1 aromatic carbocycles. The largest absolute Gasteiger partial charge is 0.392 e. The lowest BCUT2D eigenvalue weighted by atomic mass is 9.89. The van der Waals surface area contributed by atoms with Gasteiger partial charge in [0.1, 0.15) is 0 Å². The van der Waals surface area contributed by atoms with Gasteiger partial charge < -0.3 is 10.8 Å². The summed E-state index contributed by atoms with van der Waals surface area (Å²) in [6.07, 6.45) is 1.30. The Morgan fingerprint density at radius 2 is 1.83 bits per heavy atom. The van der Waals surface area contributed by atoms with Crippen LogP contribution in [0.2, 0.25) is 10.0 Å². The summed E-state index contributed by atoms with van der Waals surface area (Å²) < 4.78 is 0. The summed E-state index contributed by atoms with van der Waals surface area (Å²) >= 11 is 11.9. The lowest BCUT2D eigenvalue weighted by Gasteiger charge is -2.23. The molecule has 0 saturated carbocycles.